The molecular weight excluding hydrogens is 388 g/mol. The van der Waals surface area contributed by atoms with Crippen LogP contribution in [0.1, 0.15) is 61.9 Å². The van der Waals surface area contributed by atoms with Gasteiger partial charge in [0.05, 0.1) is 12.3 Å². The van der Waals surface area contributed by atoms with Crippen molar-refractivity contribution in [2.45, 2.75) is 52.4 Å². The molecule has 2 aromatic carbocycles. The van der Waals surface area contributed by atoms with Crippen LogP contribution in [0.5, 0.6) is 5.75 Å². The van der Waals surface area contributed by atoms with Crippen molar-refractivity contribution in [3.05, 3.63) is 65.9 Å². The van der Waals surface area contributed by atoms with Crippen molar-refractivity contribution in [2.24, 2.45) is 0 Å². The van der Waals surface area contributed by atoms with Crippen LogP contribution in [0, 0.1) is 0 Å². The van der Waals surface area contributed by atoms with Gasteiger partial charge in [-0.25, -0.2) is 14.8 Å². The van der Waals surface area contributed by atoms with Crippen LogP contribution in [-0.4, -0.2) is 27.7 Å². The summed E-state index contributed by atoms with van der Waals surface area (Å²) >= 11 is 0. The van der Waals surface area contributed by atoms with Crippen LogP contribution >= 0.6 is 0 Å². The third kappa shape index (κ3) is 5.91. The molecule has 3 aromatic rings. The van der Waals surface area contributed by atoms with Crippen molar-refractivity contribution >= 4 is 5.97 Å². The molecule has 1 aromatic heterocycles. The Morgan fingerprint density at radius 3 is 2.42 bits per heavy atom. The molecule has 5 nitrogen and oxygen atoms in total. The number of rotatable bonds is 11. The van der Waals surface area contributed by atoms with Crippen LogP contribution in [0.2, 0.25) is 0 Å². The number of unbranched alkanes of at least 4 members (excludes halogenated alkanes) is 3. The average Bonchev–Trinajstić information content (AvgIpc) is 2.80. The molecule has 5 heteroatoms. The van der Waals surface area contributed by atoms with Gasteiger partial charge in [0, 0.05) is 17.3 Å². The second-order valence-corrected chi connectivity index (χ2v) is 7.60. The first-order chi connectivity index (χ1) is 15.1. The second-order valence-electron chi connectivity index (χ2n) is 7.60. The highest BCUT2D eigenvalue weighted by atomic mass is 16.5. The van der Waals surface area contributed by atoms with Gasteiger partial charge in [0.15, 0.2) is 5.82 Å². The van der Waals surface area contributed by atoms with Crippen LogP contribution in [0.3, 0.4) is 0 Å². The lowest BCUT2D eigenvalue weighted by Gasteiger charge is -2.13. The lowest BCUT2D eigenvalue weighted by atomic mass is 9.97. The normalized spacial score (nSPS) is 10.8. The van der Waals surface area contributed by atoms with E-state index in [4.69, 9.17) is 9.72 Å². The standard InChI is InChI=1S/C26H30N2O3/c1-3-5-7-10-19-11-8-9-12-22(19)24-23(26(29)30)18-27-25(28-24)20-13-15-21(16-14-20)31-17-6-4-2/h8-9,11-16,18H,3-7,10,17H2,1-2H3,(H,29,30). The van der Waals surface area contributed by atoms with E-state index < -0.39 is 5.97 Å². The van der Waals surface area contributed by atoms with Crippen molar-refractivity contribution in [2.75, 3.05) is 6.61 Å². The Kier molecular flexibility index (Phi) is 8.16. The van der Waals surface area contributed by atoms with Gasteiger partial charge >= 0.3 is 5.97 Å². The van der Waals surface area contributed by atoms with Crippen molar-refractivity contribution < 1.29 is 14.6 Å². The first kappa shape index (κ1) is 22.5. The monoisotopic (exact) mass is 418 g/mol. The molecule has 0 aliphatic rings. The van der Waals surface area contributed by atoms with Gasteiger partial charge < -0.3 is 9.84 Å². The summed E-state index contributed by atoms with van der Waals surface area (Å²) in [4.78, 5) is 20.9. The van der Waals surface area contributed by atoms with Gasteiger partial charge in [-0.1, -0.05) is 57.4 Å². The molecule has 0 amide bonds. The second kappa shape index (κ2) is 11.3. The summed E-state index contributed by atoms with van der Waals surface area (Å²) in [6, 6.07) is 15.5. The van der Waals surface area contributed by atoms with Gasteiger partial charge in [-0.2, -0.15) is 0 Å². The largest absolute Gasteiger partial charge is 0.494 e. The maximum absolute atomic E-state index is 11.9. The SMILES string of the molecule is CCCCCc1ccccc1-c1nc(-c2ccc(OCCCC)cc2)ncc1C(=O)O. The van der Waals surface area contributed by atoms with E-state index in [1.54, 1.807) is 0 Å². The van der Waals surface area contributed by atoms with E-state index in [1.165, 1.54) is 6.20 Å². The summed E-state index contributed by atoms with van der Waals surface area (Å²) < 4.78 is 5.72. The number of ether oxygens (including phenoxy) is 1. The molecule has 0 unspecified atom stereocenters. The van der Waals surface area contributed by atoms with E-state index >= 15 is 0 Å². The van der Waals surface area contributed by atoms with Crippen LogP contribution < -0.4 is 4.74 Å². The Labute approximate surface area is 184 Å². The van der Waals surface area contributed by atoms with E-state index in [0.29, 0.717) is 18.1 Å². The number of carboxylic acid groups (broad SMARTS) is 1. The smallest absolute Gasteiger partial charge is 0.339 e. The van der Waals surface area contributed by atoms with E-state index in [0.717, 1.165) is 61.0 Å². The minimum atomic E-state index is -1.02. The molecule has 31 heavy (non-hydrogen) atoms. The fraction of sp³-hybridized carbons (Fsp3) is 0.346. The maximum atomic E-state index is 11.9. The molecule has 0 atom stereocenters. The number of aromatic nitrogens is 2. The number of carboxylic acids is 1. The number of aryl methyl sites for hydroxylation is 1. The number of hydrogen-bond acceptors (Lipinski definition) is 4. The van der Waals surface area contributed by atoms with E-state index in [1.807, 2.05) is 42.5 Å². The van der Waals surface area contributed by atoms with Crippen molar-refractivity contribution in [3.8, 4) is 28.4 Å². The Morgan fingerprint density at radius 1 is 0.968 bits per heavy atom. The first-order valence-electron chi connectivity index (χ1n) is 11.1. The van der Waals surface area contributed by atoms with Gasteiger partial charge in [-0.3, -0.25) is 0 Å². The molecule has 0 aliphatic carbocycles. The number of nitrogens with zero attached hydrogens (tertiary/aromatic N) is 2. The lowest BCUT2D eigenvalue weighted by molar-refractivity contribution is 0.0697. The molecule has 0 saturated carbocycles. The summed E-state index contributed by atoms with van der Waals surface area (Å²) in [5.41, 5.74) is 3.38. The fourth-order valence-electron chi connectivity index (χ4n) is 3.45. The number of hydrogen-bond donors (Lipinski definition) is 1. The predicted octanol–water partition coefficient (Wildman–Crippen LogP) is 6.42. The Hall–Kier alpha value is -3.21. The highest BCUT2D eigenvalue weighted by Gasteiger charge is 2.18. The minimum absolute atomic E-state index is 0.117. The molecule has 0 aliphatic heterocycles. The highest BCUT2D eigenvalue weighted by molar-refractivity contribution is 5.95. The molecule has 0 radical (unpaired) electrons. The third-order valence-electron chi connectivity index (χ3n) is 5.22. The van der Waals surface area contributed by atoms with E-state index in [9.17, 15) is 9.90 Å². The van der Waals surface area contributed by atoms with Gasteiger partial charge in [0.2, 0.25) is 0 Å². The molecule has 1 heterocycles. The Morgan fingerprint density at radius 2 is 1.71 bits per heavy atom. The van der Waals surface area contributed by atoms with Gasteiger partial charge in [0.25, 0.3) is 0 Å². The van der Waals surface area contributed by atoms with E-state index in [2.05, 4.69) is 24.9 Å². The fourth-order valence-corrected chi connectivity index (χ4v) is 3.45. The number of benzene rings is 2. The molecule has 0 bridgehead atoms. The molecule has 0 fully saturated rings. The third-order valence-corrected chi connectivity index (χ3v) is 5.22. The van der Waals surface area contributed by atoms with Crippen molar-refractivity contribution in [1.82, 2.24) is 9.97 Å². The van der Waals surface area contributed by atoms with Gasteiger partial charge in [-0.15, -0.1) is 0 Å². The molecule has 162 valence electrons. The van der Waals surface area contributed by atoms with Gasteiger partial charge in [-0.05, 0) is 49.1 Å². The summed E-state index contributed by atoms with van der Waals surface area (Å²) in [6.07, 6.45) is 7.75. The van der Waals surface area contributed by atoms with Crippen molar-refractivity contribution in [1.29, 1.82) is 0 Å². The van der Waals surface area contributed by atoms with E-state index in [-0.39, 0.29) is 5.56 Å². The summed E-state index contributed by atoms with van der Waals surface area (Å²) in [5.74, 6) is 0.286. The zero-order valence-corrected chi connectivity index (χ0v) is 18.3. The number of aromatic carboxylic acids is 1. The zero-order valence-electron chi connectivity index (χ0n) is 18.3. The van der Waals surface area contributed by atoms with Crippen LogP contribution in [0.4, 0.5) is 0 Å². The maximum Gasteiger partial charge on any atom is 0.339 e. The molecular formula is C26H30N2O3. The minimum Gasteiger partial charge on any atom is -0.494 e. The van der Waals surface area contributed by atoms with Crippen LogP contribution in [-0.2, 0) is 6.42 Å². The zero-order chi connectivity index (χ0) is 22.1. The topological polar surface area (TPSA) is 72.3 Å². The van der Waals surface area contributed by atoms with Crippen LogP contribution in [0.15, 0.2) is 54.7 Å². The summed E-state index contributed by atoms with van der Waals surface area (Å²) in [6.45, 7) is 4.99. The Bertz CT molecular complexity index is 1000. The first-order valence-corrected chi connectivity index (χ1v) is 11.1. The highest BCUT2D eigenvalue weighted by Crippen LogP contribution is 2.29. The number of carbonyl (C=O) groups is 1. The molecule has 3 rings (SSSR count). The molecule has 0 spiro atoms. The average molecular weight is 419 g/mol. The van der Waals surface area contributed by atoms with Gasteiger partial charge in [0.1, 0.15) is 11.3 Å². The van der Waals surface area contributed by atoms with Crippen LogP contribution in [0.25, 0.3) is 22.6 Å². The quantitative estimate of drug-likeness (QED) is 0.364. The Balaban J connectivity index is 1.95. The summed E-state index contributed by atoms with van der Waals surface area (Å²) in [7, 11) is 0. The lowest BCUT2D eigenvalue weighted by Crippen LogP contribution is -2.06. The molecule has 0 saturated heterocycles. The van der Waals surface area contributed by atoms with Crippen molar-refractivity contribution in [3.63, 3.8) is 0 Å². The molecule has 1 N–H and O–H groups in total. The predicted molar refractivity (Wildman–Crippen MR) is 123 cm³/mol. The summed E-state index contributed by atoms with van der Waals surface area (Å²) in [5, 5.41) is 9.74.